The van der Waals surface area contributed by atoms with E-state index in [0.717, 1.165) is 41.1 Å². The second kappa shape index (κ2) is 9.08. The highest BCUT2D eigenvalue weighted by atomic mass is 35.5. The van der Waals surface area contributed by atoms with Gasteiger partial charge in [-0.1, -0.05) is 35.8 Å². The number of halogens is 1. The van der Waals surface area contributed by atoms with Gasteiger partial charge < -0.3 is 19.5 Å². The van der Waals surface area contributed by atoms with Crippen LogP contribution in [0, 0.1) is 0 Å². The molecule has 0 amide bonds. The second-order valence-corrected chi connectivity index (χ2v) is 8.06. The lowest BCUT2D eigenvalue weighted by atomic mass is 9.94. The summed E-state index contributed by atoms with van der Waals surface area (Å²) in [5.41, 5.74) is 3.76. The van der Waals surface area contributed by atoms with Gasteiger partial charge in [-0.15, -0.1) is 0 Å². The zero-order valence-electron chi connectivity index (χ0n) is 17.6. The summed E-state index contributed by atoms with van der Waals surface area (Å²) in [5, 5.41) is 9.00. The maximum Gasteiger partial charge on any atom is 0.258 e. The molecule has 1 N–H and O–H groups in total. The minimum atomic E-state index is -0.218. The van der Waals surface area contributed by atoms with E-state index in [-0.39, 0.29) is 6.04 Å². The molecule has 0 spiro atoms. The summed E-state index contributed by atoms with van der Waals surface area (Å²) in [6.07, 6.45) is 0.958. The zero-order valence-corrected chi connectivity index (χ0v) is 19.1. The SMILES string of the molecule is CCCN1C(=S)NC(c2ccc(OC)cc2)C(c2nc(-c3ccc(Cl)cc3)no2)=C1C. The van der Waals surface area contributed by atoms with Crippen molar-refractivity contribution in [3.8, 4) is 17.1 Å². The Hall–Kier alpha value is -2.90. The third-order valence-electron chi connectivity index (χ3n) is 5.25. The van der Waals surface area contributed by atoms with Crippen LogP contribution in [0.15, 0.2) is 58.8 Å². The number of ether oxygens (including phenoxy) is 1. The molecule has 0 aliphatic carbocycles. The van der Waals surface area contributed by atoms with Crippen molar-refractivity contribution in [3.05, 3.63) is 70.7 Å². The molecule has 8 heteroatoms. The molecule has 0 fully saturated rings. The fraction of sp³-hybridized carbons (Fsp3) is 0.261. The molecule has 1 aliphatic rings. The molecule has 160 valence electrons. The summed E-state index contributed by atoms with van der Waals surface area (Å²) in [7, 11) is 1.65. The van der Waals surface area contributed by atoms with Crippen molar-refractivity contribution < 1.29 is 9.26 Å². The number of allylic oxidation sites excluding steroid dienone is 1. The molecule has 1 aliphatic heterocycles. The van der Waals surface area contributed by atoms with Crippen molar-refractivity contribution in [1.29, 1.82) is 0 Å². The summed E-state index contributed by atoms with van der Waals surface area (Å²) in [6, 6.07) is 15.0. The molecule has 0 bridgehead atoms. The molecule has 31 heavy (non-hydrogen) atoms. The second-order valence-electron chi connectivity index (χ2n) is 7.24. The standard InChI is InChI=1S/C23H23ClN4O2S/c1-4-13-28-14(2)19(20(25-23(28)31)15-7-11-18(29-3)12-8-15)22-26-21(27-30-22)16-5-9-17(24)10-6-16/h5-12,20H,4,13H2,1-3H3,(H,25,31). The van der Waals surface area contributed by atoms with Crippen LogP contribution in [0.3, 0.4) is 0 Å². The minimum absolute atomic E-state index is 0.218. The van der Waals surface area contributed by atoms with E-state index >= 15 is 0 Å². The fourth-order valence-corrected chi connectivity index (χ4v) is 4.12. The lowest BCUT2D eigenvalue weighted by Crippen LogP contribution is -2.46. The molecule has 1 atom stereocenters. The van der Waals surface area contributed by atoms with Gasteiger partial charge in [0.1, 0.15) is 5.75 Å². The van der Waals surface area contributed by atoms with Crippen molar-refractivity contribution in [3.63, 3.8) is 0 Å². The first-order chi connectivity index (χ1) is 15.0. The Morgan fingerprint density at radius 1 is 1.16 bits per heavy atom. The van der Waals surface area contributed by atoms with E-state index in [9.17, 15) is 0 Å². The lowest BCUT2D eigenvalue weighted by molar-refractivity contribution is 0.396. The zero-order chi connectivity index (χ0) is 22.0. The number of nitrogens with one attached hydrogen (secondary N) is 1. The topological polar surface area (TPSA) is 63.4 Å². The van der Waals surface area contributed by atoms with Gasteiger partial charge in [-0.05, 0) is 67.5 Å². The minimum Gasteiger partial charge on any atom is -0.497 e. The number of benzene rings is 2. The van der Waals surface area contributed by atoms with Crippen molar-refractivity contribution >= 4 is 34.5 Å². The summed E-state index contributed by atoms with van der Waals surface area (Å²) >= 11 is 11.7. The van der Waals surface area contributed by atoms with E-state index in [1.807, 2.05) is 43.3 Å². The van der Waals surface area contributed by atoms with E-state index in [4.69, 9.17) is 38.1 Å². The van der Waals surface area contributed by atoms with E-state index in [0.29, 0.717) is 21.9 Å². The van der Waals surface area contributed by atoms with Gasteiger partial charge in [0, 0.05) is 22.8 Å². The van der Waals surface area contributed by atoms with E-state index < -0.39 is 0 Å². The first-order valence-electron chi connectivity index (χ1n) is 10.0. The van der Waals surface area contributed by atoms with Crippen molar-refractivity contribution in [1.82, 2.24) is 20.4 Å². The Morgan fingerprint density at radius 3 is 2.52 bits per heavy atom. The van der Waals surface area contributed by atoms with Crippen LogP contribution in [-0.2, 0) is 0 Å². The molecular weight excluding hydrogens is 432 g/mol. The molecule has 4 rings (SSSR count). The number of nitrogens with zero attached hydrogens (tertiary/aromatic N) is 3. The Bertz CT molecular complexity index is 1110. The van der Waals surface area contributed by atoms with Gasteiger partial charge in [-0.2, -0.15) is 4.98 Å². The highest BCUT2D eigenvalue weighted by molar-refractivity contribution is 7.80. The highest BCUT2D eigenvalue weighted by Gasteiger charge is 2.33. The van der Waals surface area contributed by atoms with Gasteiger partial charge in [0.25, 0.3) is 5.89 Å². The molecule has 3 aromatic rings. The Morgan fingerprint density at radius 2 is 1.87 bits per heavy atom. The first-order valence-corrected chi connectivity index (χ1v) is 10.8. The Labute approximate surface area is 191 Å². The van der Waals surface area contributed by atoms with E-state index in [2.05, 4.69) is 22.3 Å². The summed E-state index contributed by atoms with van der Waals surface area (Å²) in [6.45, 7) is 4.96. The maximum absolute atomic E-state index is 6.01. The fourth-order valence-electron chi connectivity index (χ4n) is 3.65. The third kappa shape index (κ3) is 4.29. The molecule has 2 heterocycles. The summed E-state index contributed by atoms with van der Waals surface area (Å²) < 4.78 is 11.0. The predicted octanol–water partition coefficient (Wildman–Crippen LogP) is 5.47. The first kappa shape index (κ1) is 21.3. The largest absolute Gasteiger partial charge is 0.497 e. The smallest absolute Gasteiger partial charge is 0.258 e. The Balaban J connectivity index is 1.79. The van der Waals surface area contributed by atoms with Gasteiger partial charge in [-0.25, -0.2) is 0 Å². The average Bonchev–Trinajstić information content (AvgIpc) is 3.26. The number of thiocarbonyl (C=S) groups is 1. The van der Waals surface area contributed by atoms with Crippen LogP contribution in [0.1, 0.15) is 37.8 Å². The molecule has 1 unspecified atom stereocenters. The highest BCUT2D eigenvalue weighted by Crippen LogP contribution is 2.38. The summed E-state index contributed by atoms with van der Waals surface area (Å²) in [4.78, 5) is 6.78. The van der Waals surface area contributed by atoms with Crippen LogP contribution in [0.5, 0.6) is 5.75 Å². The maximum atomic E-state index is 6.01. The molecule has 0 saturated carbocycles. The molecule has 6 nitrogen and oxygen atoms in total. The molecular formula is C23H23ClN4O2S. The number of rotatable bonds is 6. The van der Waals surface area contributed by atoms with Gasteiger partial charge in [-0.3, -0.25) is 0 Å². The normalized spacial score (nSPS) is 16.5. The summed E-state index contributed by atoms with van der Waals surface area (Å²) in [5.74, 6) is 1.76. The lowest BCUT2D eigenvalue weighted by Gasteiger charge is -2.37. The van der Waals surface area contributed by atoms with Gasteiger partial charge >= 0.3 is 0 Å². The van der Waals surface area contributed by atoms with E-state index in [1.54, 1.807) is 19.2 Å². The molecule has 0 radical (unpaired) electrons. The quantitative estimate of drug-likeness (QED) is 0.495. The van der Waals surface area contributed by atoms with Crippen LogP contribution < -0.4 is 10.1 Å². The molecule has 2 aromatic carbocycles. The Kier molecular flexibility index (Phi) is 6.25. The van der Waals surface area contributed by atoms with Crippen LogP contribution in [0.2, 0.25) is 5.02 Å². The van der Waals surface area contributed by atoms with Crippen molar-refractivity contribution in [2.45, 2.75) is 26.3 Å². The average molecular weight is 455 g/mol. The van der Waals surface area contributed by atoms with Crippen LogP contribution in [0.25, 0.3) is 17.0 Å². The monoisotopic (exact) mass is 454 g/mol. The van der Waals surface area contributed by atoms with Crippen LogP contribution >= 0.6 is 23.8 Å². The molecule has 0 saturated heterocycles. The number of hydrogen-bond donors (Lipinski definition) is 1. The van der Waals surface area contributed by atoms with E-state index in [1.165, 1.54) is 0 Å². The van der Waals surface area contributed by atoms with Crippen LogP contribution in [0.4, 0.5) is 0 Å². The third-order valence-corrected chi connectivity index (χ3v) is 5.84. The predicted molar refractivity (Wildman–Crippen MR) is 126 cm³/mol. The number of methoxy groups -OCH3 is 1. The van der Waals surface area contributed by atoms with Crippen molar-refractivity contribution in [2.24, 2.45) is 0 Å². The number of aromatic nitrogens is 2. The van der Waals surface area contributed by atoms with Gasteiger partial charge in [0.15, 0.2) is 5.11 Å². The number of hydrogen-bond acceptors (Lipinski definition) is 5. The van der Waals surface area contributed by atoms with Crippen molar-refractivity contribution in [2.75, 3.05) is 13.7 Å². The van der Waals surface area contributed by atoms with Gasteiger partial charge in [0.05, 0.1) is 18.7 Å². The van der Waals surface area contributed by atoms with Crippen LogP contribution in [-0.4, -0.2) is 33.8 Å². The molecule has 1 aromatic heterocycles. The van der Waals surface area contributed by atoms with Gasteiger partial charge in [0.2, 0.25) is 5.82 Å².